The van der Waals surface area contributed by atoms with Gasteiger partial charge in [0.1, 0.15) is 11.6 Å². The third-order valence-corrected chi connectivity index (χ3v) is 6.92. The number of nitrogens with zero attached hydrogens (tertiary/aromatic N) is 3. The number of benzene rings is 3. The summed E-state index contributed by atoms with van der Waals surface area (Å²) in [4.78, 5) is 32.4. The fraction of sp³-hybridized carbons (Fsp3) is 0.286. The molecule has 2 aliphatic rings. The highest BCUT2D eigenvalue weighted by Gasteiger charge is 2.35. The highest BCUT2D eigenvalue weighted by molar-refractivity contribution is 5.98. The Morgan fingerprint density at radius 3 is 2.29 bits per heavy atom. The van der Waals surface area contributed by atoms with E-state index in [2.05, 4.69) is 4.90 Å². The van der Waals surface area contributed by atoms with Crippen molar-refractivity contribution in [3.63, 3.8) is 0 Å². The molecule has 7 heteroatoms. The summed E-state index contributed by atoms with van der Waals surface area (Å²) >= 11 is 0. The molecule has 0 aliphatic carbocycles. The minimum atomic E-state index is -0.456. The fourth-order valence-electron chi connectivity index (χ4n) is 4.92. The molecule has 2 aliphatic heterocycles. The maximum atomic E-state index is 13.6. The van der Waals surface area contributed by atoms with Crippen LogP contribution in [0.4, 0.5) is 10.1 Å². The number of anilines is 1. The SMILES string of the molecule is COc1ccc(N2CCN(C(=O)C[C@H](c3ccc(F)cc3)N3Cc4ccccc4C3=O)CC2)cc1. The molecule has 3 aromatic carbocycles. The fourth-order valence-corrected chi connectivity index (χ4v) is 4.92. The van der Waals surface area contributed by atoms with Crippen molar-refractivity contribution in [2.24, 2.45) is 0 Å². The minimum absolute atomic E-state index is 0.00235. The first-order valence-corrected chi connectivity index (χ1v) is 11.8. The average molecular weight is 474 g/mol. The van der Waals surface area contributed by atoms with Gasteiger partial charge < -0.3 is 19.4 Å². The van der Waals surface area contributed by atoms with E-state index in [0.717, 1.165) is 35.7 Å². The van der Waals surface area contributed by atoms with Gasteiger partial charge >= 0.3 is 0 Å². The van der Waals surface area contributed by atoms with Crippen molar-refractivity contribution in [2.75, 3.05) is 38.2 Å². The van der Waals surface area contributed by atoms with E-state index in [1.165, 1.54) is 12.1 Å². The van der Waals surface area contributed by atoms with Crippen molar-refractivity contribution in [2.45, 2.75) is 19.0 Å². The van der Waals surface area contributed by atoms with E-state index < -0.39 is 6.04 Å². The van der Waals surface area contributed by atoms with E-state index in [9.17, 15) is 14.0 Å². The summed E-state index contributed by atoms with van der Waals surface area (Å²) in [6.07, 6.45) is 0.161. The Balaban J connectivity index is 1.29. The molecule has 2 amide bonds. The molecule has 0 unspecified atom stereocenters. The molecule has 35 heavy (non-hydrogen) atoms. The lowest BCUT2D eigenvalue weighted by molar-refractivity contribution is -0.132. The molecule has 0 bridgehead atoms. The molecular weight excluding hydrogens is 445 g/mol. The Kier molecular flexibility index (Phi) is 6.40. The average Bonchev–Trinajstić information content (AvgIpc) is 3.24. The molecule has 0 aromatic heterocycles. The number of carbonyl (C=O) groups is 2. The maximum Gasteiger partial charge on any atom is 0.255 e. The van der Waals surface area contributed by atoms with Crippen LogP contribution in [-0.2, 0) is 11.3 Å². The molecular formula is C28H28FN3O3. The van der Waals surface area contributed by atoms with Gasteiger partial charge in [-0.2, -0.15) is 0 Å². The summed E-state index contributed by atoms with van der Waals surface area (Å²) < 4.78 is 18.9. The monoisotopic (exact) mass is 473 g/mol. The zero-order valence-electron chi connectivity index (χ0n) is 19.7. The van der Waals surface area contributed by atoms with Gasteiger partial charge in [0.25, 0.3) is 5.91 Å². The maximum absolute atomic E-state index is 13.6. The first-order chi connectivity index (χ1) is 17.0. The van der Waals surface area contributed by atoms with Gasteiger partial charge in [0.05, 0.1) is 19.6 Å². The number of rotatable bonds is 6. The first-order valence-electron chi connectivity index (χ1n) is 11.8. The number of amides is 2. The molecule has 180 valence electrons. The first kappa shape index (κ1) is 22.9. The van der Waals surface area contributed by atoms with Gasteiger partial charge in [-0.25, -0.2) is 4.39 Å². The normalized spacial score (nSPS) is 16.3. The number of piperazine rings is 1. The van der Waals surface area contributed by atoms with Gasteiger partial charge in [-0.1, -0.05) is 30.3 Å². The Morgan fingerprint density at radius 1 is 0.943 bits per heavy atom. The quantitative estimate of drug-likeness (QED) is 0.537. The number of ether oxygens (including phenoxy) is 1. The van der Waals surface area contributed by atoms with Gasteiger partial charge in [0.2, 0.25) is 5.91 Å². The summed E-state index contributed by atoms with van der Waals surface area (Å²) in [5.41, 5.74) is 3.48. The summed E-state index contributed by atoms with van der Waals surface area (Å²) in [5.74, 6) is 0.377. The molecule has 6 nitrogen and oxygen atoms in total. The van der Waals surface area contributed by atoms with Crippen LogP contribution in [0.15, 0.2) is 72.8 Å². The Labute approximate surface area is 204 Å². The Bertz CT molecular complexity index is 1200. The highest BCUT2D eigenvalue weighted by atomic mass is 19.1. The lowest BCUT2D eigenvalue weighted by Gasteiger charge is -2.37. The molecule has 0 N–H and O–H groups in total. The van der Waals surface area contributed by atoms with Crippen molar-refractivity contribution in [3.05, 3.63) is 95.3 Å². The predicted molar refractivity (Wildman–Crippen MR) is 132 cm³/mol. The summed E-state index contributed by atoms with van der Waals surface area (Å²) in [6, 6.07) is 21.1. The summed E-state index contributed by atoms with van der Waals surface area (Å²) in [7, 11) is 1.65. The van der Waals surface area contributed by atoms with Gasteiger partial charge in [0.15, 0.2) is 0 Å². The third kappa shape index (κ3) is 4.71. The Hall–Kier alpha value is -3.87. The van der Waals surface area contributed by atoms with Crippen molar-refractivity contribution in [1.29, 1.82) is 0 Å². The van der Waals surface area contributed by atoms with Crippen LogP contribution in [0.2, 0.25) is 0 Å². The molecule has 5 rings (SSSR count). The van der Waals surface area contributed by atoms with Crippen LogP contribution in [-0.4, -0.2) is 54.9 Å². The Morgan fingerprint density at radius 2 is 1.63 bits per heavy atom. The third-order valence-electron chi connectivity index (χ3n) is 6.92. The second-order valence-electron chi connectivity index (χ2n) is 8.93. The van der Waals surface area contributed by atoms with Gasteiger partial charge in [0, 0.05) is 44.0 Å². The minimum Gasteiger partial charge on any atom is -0.497 e. The van der Waals surface area contributed by atoms with Crippen LogP contribution in [0, 0.1) is 5.82 Å². The lowest BCUT2D eigenvalue weighted by atomic mass is 10.0. The smallest absolute Gasteiger partial charge is 0.255 e. The van der Waals surface area contributed by atoms with Crippen molar-refractivity contribution >= 4 is 17.5 Å². The molecule has 3 aromatic rings. The second kappa shape index (κ2) is 9.78. The van der Waals surface area contributed by atoms with Crippen LogP contribution < -0.4 is 9.64 Å². The van der Waals surface area contributed by atoms with Crippen LogP contribution in [0.25, 0.3) is 0 Å². The molecule has 0 saturated carbocycles. The van der Waals surface area contributed by atoms with E-state index >= 15 is 0 Å². The number of hydrogen-bond donors (Lipinski definition) is 0. The topological polar surface area (TPSA) is 53.1 Å². The van der Waals surface area contributed by atoms with Gasteiger partial charge in [-0.3, -0.25) is 9.59 Å². The predicted octanol–water partition coefficient (Wildman–Crippen LogP) is 4.27. The zero-order valence-corrected chi connectivity index (χ0v) is 19.7. The number of methoxy groups -OCH3 is 1. The molecule has 0 spiro atoms. The van der Waals surface area contributed by atoms with E-state index in [0.29, 0.717) is 25.2 Å². The van der Waals surface area contributed by atoms with Gasteiger partial charge in [-0.05, 0) is 53.6 Å². The van der Waals surface area contributed by atoms with Crippen LogP contribution >= 0.6 is 0 Å². The number of carbonyl (C=O) groups excluding carboxylic acids is 2. The molecule has 1 saturated heterocycles. The van der Waals surface area contributed by atoms with Crippen LogP contribution in [0.5, 0.6) is 5.75 Å². The zero-order chi connectivity index (χ0) is 24.4. The standard InChI is InChI=1S/C28H28FN3O3/c1-35-24-12-10-23(11-13-24)30-14-16-31(17-15-30)27(33)18-26(20-6-8-22(29)9-7-20)32-19-21-4-2-3-5-25(21)28(32)34/h2-13,26H,14-19H2,1H3/t26-/m1/s1. The van der Waals surface area contributed by atoms with E-state index in [4.69, 9.17) is 4.74 Å². The highest BCUT2D eigenvalue weighted by Crippen LogP contribution is 2.34. The second-order valence-corrected chi connectivity index (χ2v) is 8.93. The van der Waals surface area contributed by atoms with E-state index in [1.807, 2.05) is 53.4 Å². The van der Waals surface area contributed by atoms with Crippen LogP contribution in [0.1, 0.15) is 33.9 Å². The van der Waals surface area contributed by atoms with E-state index in [1.54, 1.807) is 24.1 Å². The van der Waals surface area contributed by atoms with Crippen LogP contribution in [0.3, 0.4) is 0 Å². The van der Waals surface area contributed by atoms with Crippen molar-refractivity contribution in [1.82, 2.24) is 9.80 Å². The number of halogens is 1. The van der Waals surface area contributed by atoms with Gasteiger partial charge in [-0.15, -0.1) is 0 Å². The summed E-state index contributed by atoms with van der Waals surface area (Å²) in [6.45, 7) is 3.11. The molecule has 1 fully saturated rings. The largest absolute Gasteiger partial charge is 0.497 e. The number of fused-ring (bicyclic) bond motifs is 1. The molecule has 0 radical (unpaired) electrons. The lowest BCUT2D eigenvalue weighted by Crippen LogP contribution is -2.49. The molecule has 1 atom stereocenters. The molecule has 2 heterocycles. The van der Waals surface area contributed by atoms with E-state index in [-0.39, 0.29) is 24.1 Å². The summed E-state index contributed by atoms with van der Waals surface area (Å²) in [5, 5.41) is 0. The number of hydrogen-bond acceptors (Lipinski definition) is 4. The van der Waals surface area contributed by atoms with Crippen molar-refractivity contribution < 1.29 is 18.7 Å². The van der Waals surface area contributed by atoms with Crippen molar-refractivity contribution in [3.8, 4) is 5.75 Å².